The van der Waals surface area contributed by atoms with Crippen LogP contribution in [0.1, 0.15) is 29.7 Å². The van der Waals surface area contributed by atoms with Gasteiger partial charge in [-0.2, -0.15) is 0 Å². The highest BCUT2D eigenvalue weighted by molar-refractivity contribution is 5.78. The summed E-state index contributed by atoms with van der Waals surface area (Å²) in [5, 5.41) is 13.0. The molecule has 0 fully saturated rings. The van der Waals surface area contributed by atoms with E-state index in [1.165, 1.54) is 0 Å². The predicted octanol–water partition coefficient (Wildman–Crippen LogP) is 2.79. The molecule has 0 aliphatic heterocycles. The average Bonchev–Trinajstić information content (AvgIpc) is 2.55. The van der Waals surface area contributed by atoms with E-state index in [-0.39, 0.29) is 18.9 Å². The molecule has 2 aromatic rings. The van der Waals surface area contributed by atoms with E-state index in [0.29, 0.717) is 6.61 Å². The van der Waals surface area contributed by atoms with E-state index in [9.17, 15) is 9.90 Å². The van der Waals surface area contributed by atoms with E-state index in [0.717, 1.165) is 22.4 Å². The lowest BCUT2D eigenvalue weighted by Crippen LogP contribution is -2.29. The zero-order valence-electron chi connectivity index (χ0n) is 13.6. The van der Waals surface area contributed by atoms with Gasteiger partial charge in [-0.1, -0.05) is 36.4 Å². The van der Waals surface area contributed by atoms with Crippen LogP contribution in [0.4, 0.5) is 0 Å². The minimum absolute atomic E-state index is 0.109. The minimum Gasteiger partial charge on any atom is -0.494 e. The number of ether oxygens (including phenoxy) is 1. The molecule has 1 amide bonds. The first kappa shape index (κ1) is 17.0. The Morgan fingerprint density at radius 3 is 2.52 bits per heavy atom. The molecular weight excluding hydrogens is 290 g/mol. The van der Waals surface area contributed by atoms with Crippen LogP contribution in [0.5, 0.6) is 5.75 Å². The zero-order chi connectivity index (χ0) is 16.7. The number of rotatable bonds is 7. The van der Waals surface area contributed by atoms with Crippen LogP contribution in [0.15, 0.2) is 48.5 Å². The fraction of sp³-hybridized carbons (Fsp3) is 0.316. The summed E-state index contributed by atoms with van der Waals surface area (Å²) in [6.45, 7) is 4.71. The van der Waals surface area contributed by atoms with Crippen molar-refractivity contribution in [1.82, 2.24) is 5.32 Å². The maximum absolute atomic E-state index is 12.0. The van der Waals surface area contributed by atoms with E-state index in [4.69, 9.17) is 4.74 Å². The van der Waals surface area contributed by atoms with Gasteiger partial charge < -0.3 is 15.2 Å². The van der Waals surface area contributed by atoms with Crippen LogP contribution in [0.25, 0.3) is 0 Å². The average molecular weight is 313 g/mol. The predicted molar refractivity (Wildman–Crippen MR) is 90.5 cm³/mol. The number of carbonyl (C=O) groups excluding carboxylic acids is 1. The van der Waals surface area contributed by atoms with E-state index in [2.05, 4.69) is 5.32 Å². The number of amides is 1. The second kappa shape index (κ2) is 8.34. The highest BCUT2D eigenvalue weighted by atomic mass is 16.5. The topological polar surface area (TPSA) is 58.6 Å². The molecule has 0 radical (unpaired) electrons. The first-order chi connectivity index (χ1) is 11.1. The SMILES string of the molecule is CCOc1ccc(CC(=O)NCC(O)c2ccccc2C)cc1. The van der Waals surface area contributed by atoms with Gasteiger partial charge in [-0.3, -0.25) is 4.79 Å². The number of aryl methyl sites for hydroxylation is 1. The van der Waals surface area contributed by atoms with Crippen LogP contribution < -0.4 is 10.1 Å². The third-order valence-electron chi connectivity index (χ3n) is 3.64. The fourth-order valence-electron chi connectivity index (χ4n) is 2.40. The number of aliphatic hydroxyl groups excluding tert-OH is 1. The van der Waals surface area contributed by atoms with Gasteiger partial charge in [-0.15, -0.1) is 0 Å². The quantitative estimate of drug-likeness (QED) is 0.826. The standard InChI is InChI=1S/C19H23NO3/c1-3-23-16-10-8-15(9-11-16)12-19(22)20-13-18(21)17-7-5-4-6-14(17)2/h4-11,18,21H,3,12-13H2,1-2H3,(H,20,22). The van der Waals surface area contributed by atoms with E-state index < -0.39 is 6.10 Å². The van der Waals surface area contributed by atoms with Crippen molar-refractivity contribution in [3.8, 4) is 5.75 Å². The van der Waals surface area contributed by atoms with Crippen LogP contribution in [0, 0.1) is 6.92 Å². The van der Waals surface area contributed by atoms with Crippen LogP contribution in [-0.4, -0.2) is 24.2 Å². The summed E-state index contributed by atoms with van der Waals surface area (Å²) < 4.78 is 5.37. The number of hydrogen-bond donors (Lipinski definition) is 2. The molecular formula is C19H23NO3. The first-order valence-corrected chi connectivity index (χ1v) is 7.82. The normalized spacial score (nSPS) is 11.8. The summed E-state index contributed by atoms with van der Waals surface area (Å²) in [6, 6.07) is 15.1. The Hall–Kier alpha value is -2.33. The Morgan fingerprint density at radius 1 is 1.17 bits per heavy atom. The summed E-state index contributed by atoms with van der Waals surface area (Å²) in [5.41, 5.74) is 2.77. The Labute approximate surface area is 137 Å². The largest absolute Gasteiger partial charge is 0.494 e. The lowest BCUT2D eigenvalue weighted by atomic mass is 10.0. The Kier molecular flexibility index (Phi) is 6.18. The van der Waals surface area contributed by atoms with E-state index in [1.807, 2.05) is 62.4 Å². The number of nitrogens with one attached hydrogen (secondary N) is 1. The van der Waals surface area contributed by atoms with Crippen molar-refractivity contribution < 1.29 is 14.6 Å². The number of aliphatic hydroxyl groups is 1. The molecule has 0 aromatic heterocycles. The first-order valence-electron chi connectivity index (χ1n) is 7.82. The van der Waals surface area contributed by atoms with Crippen LogP contribution in [0.3, 0.4) is 0 Å². The molecule has 0 saturated carbocycles. The molecule has 0 saturated heterocycles. The third-order valence-corrected chi connectivity index (χ3v) is 3.64. The van der Waals surface area contributed by atoms with Gasteiger partial charge in [0.2, 0.25) is 5.91 Å². The van der Waals surface area contributed by atoms with Gasteiger partial charge in [0.25, 0.3) is 0 Å². The third kappa shape index (κ3) is 5.11. The van der Waals surface area contributed by atoms with E-state index >= 15 is 0 Å². The van der Waals surface area contributed by atoms with Crippen LogP contribution in [0.2, 0.25) is 0 Å². The second-order valence-corrected chi connectivity index (χ2v) is 5.43. The summed E-state index contributed by atoms with van der Waals surface area (Å²) in [4.78, 5) is 12.0. The summed E-state index contributed by atoms with van der Waals surface area (Å²) in [7, 11) is 0. The number of carbonyl (C=O) groups is 1. The van der Waals surface area contributed by atoms with E-state index in [1.54, 1.807) is 0 Å². The van der Waals surface area contributed by atoms with Gasteiger partial charge in [-0.05, 0) is 42.7 Å². The van der Waals surface area contributed by atoms with Crippen molar-refractivity contribution in [2.24, 2.45) is 0 Å². The van der Waals surface area contributed by atoms with Crippen molar-refractivity contribution in [3.63, 3.8) is 0 Å². The number of hydrogen-bond acceptors (Lipinski definition) is 3. The van der Waals surface area contributed by atoms with Gasteiger partial charge in [0.05, 0.1) is 19.1 Å². The fourth-order valence-corrected chi connectivity index (χ4v) is 2.40. The summed E-state index contributed by atoms with van der Waals surface area (Å²) in [5.74, 6) is 0.688. The van der Waals surface area contributed by atoms with Crippen molar-refractivity contribution in [2.75, 3.05) is 13.2 Å². The summed E-state index contributed by atoms with van der Waals surface area (Å²) in [6.07, 6.45) is -0.409. The van der Waals surface area contributed by atoms with Crippen molar-refractivity contribution >= 4 is 5.91 Å². The lowest BCUT2D eigenvalue weighted by molar-refractivity contribution is -0.120. The lowest BCUT2D eigenvalue weighted by Gasteiger charge is -2.14. The molecule has 2 aromatic carbocycles. The molecule has 4 nitrogen and oxygen atoms in total. The second-order valence-electron chi connectivity index (χ2n) is 5.43. The molecule has 0 bridgehead atoms. The maximum Gasteiger partial charge on any atom is 0.224 e. The molecule has 0 aliphatic carbocycles. The van der Waals surface area contributed by atoms with Crippen molar-refractivity contribution in [3.05, 3.63) is 65.2 Å². The molecule has 0 aliphatic rings. The molecule has 122 valence electrons. The number of benzene rings is 2. The highest BCUT2D eigenvalue weighted by Gasteiger charge is 2.11. The molecule has 4 heteroatoms. The Bertz CT molecular complexity index is 637. The molecule has 2 rings (SSSR count). The van der Waals surface area contributed by atoms with Gasteiger partial charge in [-0.25, -0.2) is 0 Å². The van der Waals surface area contributed by atoms with Crippen molar-refractivity contribution in [2.45, 2.75) is 26.4 Å². The molecule has 1 unspecified atom stereocenters. The maximum atomic E-state index is 12.0. The molecule has 23 heavy (non-hydrogen) atoms. The van der Waals surface area contributed by atoms with Gasteiger partial charge in [0, 0.05) is 6.54 Å². The summed E-state index contributed by atoms with van der Waals surface area (Å²) >= 11 is 0. The molecule has 1 atom stereocenters. The molecule has 0 spiro atoms. The van der Waals surface area contributed by atoms with Gasteiger partial charge in [0.15, 0.2) is 0 Å². The van der Waals surface area contributed by atoms with Gasteiger partial charge >= 0.3 is 0 Å². The zero-order valence-corrected chi connectivity index (χ0v) is 13.6. The smallest absolute Gasteiger partial charge is 0.224 e. The highest BCUT2D eigenvalue weighted by Crippen LogP contribution is 2.16. The molecule has 2 N–H and O–H groups in total. The van der Waals surface area contributed by atoms with Crippen LogP contribution in [-0.2, 0) is 11.2 Å². The molecule has 0 heterocycles. The van der Waals surface area contributed by atoms with Crippen LogP contribution >= 0.6 is 0 Å². The monoisotopic (exact) mass is 313 g/mol. The minimum atomic E-state index is -0.694. The van der Waals surface area contributed by atoms with Crippen molar-refractivity contribution in [1.29, 1.82) is 0 Å². The van der Waals surface area contributed by atoms with Gasteiger partial charge in [0.1, 0.15) is 5.75 Å². The Balaban J connectivity index is 1.84. The Morgan fingerprint density at radius 2 is 1.87 bits per heavy atom.